The van der Waals surface area contributed by atoms with E-state index in [0.29, 0.717) is 42.7 Å². The highest BCUT2D eigenvalue weighted by Crippen LogP contribution is 2.54. The maximum absolute atomic E-state index is 13.9. The summed E-state index contributed by atoms with van der Waals surface area (Å²) < 4.78 is 45.5. The summed E-state index contributed by atoms with van der Waals surface area (Å²) in [6.07, 6.45) is -1.40. The molecule has 6 aliphatic rings. The van der Waals surface area contributed by atoms with Gasteiger partial charge in [-0.2, -0.15) is 0 Å². The van der Waals surface area contributed by atoms with E-state index in [9.17, 15) is 58.4 Å². The van der Waals surface area contributed by atoms with E-state index in [4.69, 9.17) is 55.9 Å². The highest BCUT2D eigenvalue weighted by atomic mass is 32.5. The van der Waals surface area contributed by atoms with Crippen LogP contribution in [0.1, 0.15) is 118 Å². The monoisotopic (exact) mass is 1470 g/mol. The topological polar surface area (TPSA) is 391 Å². The number of Topliss-reactive ketones (excluding diaryl/α,β-unsaturated/α-hetero) is 2. The van der Waals surface area contributed by atoms with Gasteiger partial charge >= 0.3 is 13.4 Å². The lowest BCUT2D eigenvalue weighted by atomic mass is 9.85. The second-order valence-corrected chi connectivity index (χ2v) is 31.2. The van der Waals surface area contributed by atoms with Crippen molar-refractivity contribution >= 4 is 106 Å². The number of aromatic nitrogens is 7. The van der Waals surface area contributed by atoms with Crippen LogP contribution in [0.15, 0.2) is 78.5 Å². The molecule has 35 heteroatoms. The number of aliphatic hydroxyl groups is 2. The van der Waals surface area contributed by atoms with E-state index in [2.05, 4.69) is 47.7 Å². The van der Waals surface area contributed by atoms with Crippen molar-refractivity contribution in [1.82, 2.24) is 54.5 Å². The van der Waals surface area contributed by atoms with Gasteiger partial charge in [0.05, 0.1) is 50.1 Å². The predicted octanol–water partition coefficient (Wildman–Crippen LogP) is 2.70. The van der Waals surface area contributed by atoms with Crippen molar-refractivity contribution in [2.75, 3.05) is 51.1 Å². The summed E-state index contributed by atoms with van der Waals surface area (Å²) in [5.41, 5.74) is 4.54. The zero-order valence-corrected chi connectivity index (χ0v) is 58.7. The Morgan fingerprint density at radius 2 is 1.48 bits per heavy atom. The van der Waals surface area contributed by atoms with Crippen LogP contribution in [0.25, 0.3) is 22.2 Å². The Labute approximate surface area is 589 Å². The number of nitrogens with zero attached hydrogens (tertiary/aromatic N) is 9. The molecule has 0 radical (unpaired) electrons. The van der Waals surface area contributed by atoms with Crippen molar-refractivity contribution in [3.8, 4) is 11.8 Å². The van der Waals surface area contributed by atoms with E-state index in [1.165, 1.54) is 33.0 Å². The zero-order valence-electron chi connectivity index (χ0n) is 55.3. The highest BCUT2D eigenvalue weighted by Gasteiger charge is 2.53. The lowest BCUT2D eigenvalue weighted by molar-refractivity contribution is -0.140. The number of amides is 5. The number of rotatable bonds is 23. The molecule has 1 aliphatic carbocycles. The largest absolute Gasteiger partial charge is 0.387 e. The number of nitrogens with one attached hydrogen (secondary N) is 3. The third-order valence-corrected chi connectivity index (χ3v) is 22.2. The van der Waals surface area contributed by atoms with Crippen LogP contribution in [-0.4, -0.2) is 188 Å². The number of aliphatic hydroxyl groups excluding tert-OH is 2. The fraction of sp³-hybridized carbons (Fsp3) is 0.515. The van der Waals surface area contributed by atoms with Gasteiger partial charge in [0.1, 0.15) is 68.3 Å². The average molecular weight is 1470 g/mol. The zero-order chi connectivity index (χ0) is 71.3. The molecule has 12 rings (SSSR count). The molecule has 5 aliphatic heterocycles. The molecule has 4 fully saturated rings. The Kier molecular flexibility index (Phi) is 23.2. The van der Waals surface area contributed by atoms with Crippen LogP contribution in [0.5, 0.6) is 0 Å². The molecule has 2 unspecified atom stereocenters. The molecule has 7 N–H and O–H groups in total. The summed E-state index contributed by atoms with van der Waals surface area (Å²) in [7, 11) is 0. The van der Waals surface area contributed by atoms with Gasteiger partial charge < -0.3 is 73.6 Å². The minimum atomic E-state index is -4.36. The Bertz CT molecular complexity index is 4390. The normalized spacial score (nSPS) is 26.2. The van der Waals surface area contributed by atoms with Gasteiger partial charge in [0.25, 0.3) is 5.56 Å². The van der Waals surface area contributed by atoms with Gasteiger partial charge in [-0.05, 0) is 97.4 Å². The number of carbonyl (C=O) groups is 7. The van der Waals surface area contributed by atoms with Crippen molar-refractivity contribution in [2.45, 2.75) is 159 Å². The van der Waals surface area contributed by atoms with Gasteiger partial charge in [0.2, 0.25) is 29.5 Å². The number of carbonyl (C=O) groups excluding carboxylic acids is 7. The summed E-state index contributed by atoms with van der Waals surface area (Å²) in [6.45, 7) is -6.87. The molecule has 4 saturated heterocycles. The van der Waals surface area contributed by atoms with Crippen LogP contribution in [0, 0.1) is 23.7 Å². The Morgan fingerprint density at radius 3 is 2.28 bits per heavy atom. The summed E-state index contributed by atoms with van der Waals surface area (Å²) in [4.78, 5) is 151. The number of hydrogen-bond acceptors (Lipinski definition) is 23. The lowest BCUT2D eigenvalue weighted by Crippen LogP contribution is -2.44. The second-order valence-electron chi connectivity index (χ2n) is 25.6. The van der Waals surface area contributed by atoms with Gasteiger partial charge in [0, 0.05) is 80.4 Å². The molecular weight excluding hydrogens is 1390 g/mol. The Hall–Kier alpha value is -7.48. The smallest absolute Gasteiger partial charge is 0.325 e. The van der Waals surface area contributed by atoms with Gasteiger partial charge in [-0.15, -0.1) is 0 Å². The maximum Gasteiger partial charge on any atom is 0.325 e. The highest BCUT2D eigenvalue weighted by molar-refractivity contribution is 8.07. The number of para-hydroxylation sites is 1. The number of anilines is 1. The molecule has 5 amide bonds. The second kappa shape index (κ2) is 32.0. The summed E-state index contributed by atoms with van der Waals surface area (Å²) in [5.74, 6) is 2.29. The van der Waals surface area contributed by atoms with Crippen molar-refractivity contribution < 1.29 is 85.9 Å². The molecule has 101 heavy (non-hydrogen) atoms. The first-order chi connectivity index (χ1) is 48.5. The number of aryl methyl sites for hydroxylation is 2. The maximum atomic E-state index is 13.9. The first kappa shape index (κ1) is 73.3. The van der Waals surface area contributed by atoms with Gasteiger partial charge in [-0.1, -0.05) is 62.4 Å². The van der Waals surface area contributed by atoms with Crippen LogP contribution in [0.2, 0.25) is 0 Å². The van der Waals surface area contributed by atoms with Crippen molar-refractivity contribution in [3.05, 3.63) is 112 Å². The summed E-state index contributed by atoms with van der Waals surface area (Å²) >= 11 is 10.9. The minimum absolute atomic E-state index is 0.0371. The molecule has 31 nitrogen and oxygen atoms in total. The van der Waals surface area contributed by atoms with Gasteiger partial charge in [-0.25, -0.2) is 19.9 Å². The van der Waals surface area contributed by atoms with Crippen molar-refractivity contribution in [3.63, 3.8) is 0 Å². The first-order valence-electron chi connectivity index (χ1n) is 33.5. The number of fused-ring (bicyclic) bond motifs is 6. The van der Waals surface area contributed by atoms with E-state index in [1.54, 1.807) is 9.47 Å². The van der Waals surface area contributed by atoms with Crippen LogP contribution in [0.3, 0.4) is 0 Å². The molecule has 4 aromatic heterocycles. The fourth-order valence-corrected chi connectivity index (χ4v) is 16.4. The number of hydrogen-bond donors (Lipinski definition) is 7. The number of imidazole rings is 1. The number of likely N-dealkylation sites (tertiary alicyclic amines) is 1. The van der Waals surface area contributed by atoms with E-state index in [0.717, 1.165) is 53.5 Å². The number of benzene rings is 2. The Morgan fingerprint density at radius 1 is 0.752 bits per heavy atom. The van der Waals surface area contributed by atoms with Gasteiger partial charge in [0.15, 0.2) is 35.2 Å². The molecule has 0 saturated carbocycles. The standard InChI is InChI=1S/C66H78N12O19P2S2/c1-3-38(2)44(27-48(80)47-17-10-25-75(47)53(83)22-20-43(79)28-68-51(81)21-23-54(84)76-29-41-13-5-4-11-39(41)18-19-40-12-7-9-16-46(40)76)63(87)73-37-91-33-52(82)67-24-26-74-35-72-62-56(64(74)88)71-36-78(62)66-60-57(85)49(94-66)31-92-98(89,100)96-59-50(32-93-99(90,101)97-60)95-65(58(59)86)77-30-42-14-6-8-15-45-55(42)61(77)70-34-69-45/h4-5,7,9,11-13,16,30,34-36,38,44,47,49-50,57-60,65-66,85-86H,3,6,8,10,14-15,17,20-29,31-33,37H2,1-2H3,(H,67,82)(H,68,81)(H,73,87)(H,89,100)(H,90,101)/t38-,44-,47-,49+,50+,57+,58+,59+,60+,65+,66+,98?,99?/m0/s1. The van der Waals surface area contributed by atoms with E-state index in [-0.39, 0.29) is 93.8 Å². The quantitative estimate of drug-likeness (QED) is 0.0210. The number of ether oxygens (including phenoxy) is 3. The van der Waals surface area contributed by atoms with Gasteiger partial charge in [-0.3, -0.25) is 56.5 Å². The van der Waals surface area contributed by atoms with E-state index >= 15 is 0 Å². The molecular formula is C66H78N12O19P2S2. The molecule has 2 bridgehead atoms. The van der Waals surface area contributed by atoms with Crippen molar-refractivity contribution in [1.29, 1.82) is 0 Å². The minimum Gasteiger partial charge on any atom is -0.387 e. The van der Waals surface area contributed by atoms with E-state index < -0.39 is 129 Å². The lowest BCUT2D eigenvalue weighted by Gasteiger charge is -2.28. The third-order valence-electron chi connectivity index (χ3n) is 19.0. The molecule has 6 aromatic rings. The number of ketones is 2. The predicted molar refractivity (Wildman–Crippen MR) is 366 cm³/mol. The third kappa shape index (κ3) is 16.8. The van der Waals surface area contributed by atoms with E-state index in [1.807, 2.05) is 68.6 Å². The van der Waals surface area contributed by atoms with Crippen molar-refractivity contribution in [2.24, 2.45) is 11.8 Å². The van der Waals surface area contributed by atoms with Crippen LogP contribution in [-0.2, 0) is 115 Å². The first-order valence-corrected chi connectivity index (χ1v) is 38.7. The molecule has 2 aromatic carbocycles. The summed E-state index contributed by atoms with van der Waals surface area (Å²) in [5, 5.41) is 32.1. The molecule has 9 heterocycles. The van der Waals surface area contributed by atoms with Crippen LogP contribution >= 0.6 is 13.4 Å². The SMILES string of the molecule is CC[C@H](C)[C@H](CC(=O)[C@@H]1CCCN1C(=O)CCC(=O)CNC(=O)CCC(=O)N1Cc2ccccc2C#Cc2ccccc21)C(=O)NCOCC(=O)NCCn1cnc2c(ncn2[C@@H]2O[C@@H]3COP(O)(=S)O[C@H]4[C@@H](O)[C@H](n5cc6c7c(ncnc75)CCCC6)O[C@@H]4COP(O)(=S)O[C@@H]2[C@@H]3O)c1=O. The molecule has 0 spiro atoms. The Balaban J connectivity index is 0.577. The molecule has 538 valence electrons. The fourth-order valence-electron chi connectivity index (χ4n) is 13.5. The summed E-state index contributed by atoms with van der Waals surface area (Å²) in [6, 6.07) is 14.1. The van der Waals surface area contributed by atoms with Crippen LogP contribution < -0.4 is 26.4 Å². The molecule has 13 atom stereocenters. The average Bonchev–Trinajstić information content (AvgIpc) is 1.60. The van der Waals surface area contributed by atoms with Crippen LogP contribution in [0.4, 0.5) is 5.69 Å².